The largest absolute Gasteiger partial charge is 0.455 e. The molecular weight excluding hydrogens is 649 g/mol. The van der Waals surface area contributed by atoms with Crippen LogP contribution in [-0.4, -0.2) is 19.1 Å². The van der Waals surface area contributed by atoms with E-state index in [9.17, 15) is 0 Å². The van der Waals surface area contributed by atoms with E-state index in [1.807, 2.05) is 6.07 Å². The lowest BCUT2D eigenvalue weighted by Gasteiger charge is -2.12. The fourth-order valence-corrected chi connectivity index (χ4v) is 8.60. The molecule has 5 heteroatoms. The van der Waals surface area contributed by atoms with Crippen molar-refractivity contribution in [3.63, 3.8) is 0 Å². The molecule has 4 heterocycles. The summed E-state index contributed by atoms with van der Waals surface area (Å²) in [6.45, 7) is 0. The van der Waals surface area contributed by atoms with Crippen LogP contribution in [0.25, 0.3) is 110 Å². The van der Waals surface area contributed by atoms with E-state index in [1.165, 1.54) is 21.5 Å². The number of fused-ring (bicyclic) bond motifs is 13. The third-order valence-electron chi connectivity index (χ3n) is 10.9. The second-order valence-corrected chi connectivity index (χ2v) is 13.8. The number of benzene rings is 8. The van der Waals surface area contributed by atoms with Gasteiger partial charge in [-0.1, -0.05) is 115 Å². The molecule has 53 heavy (non-hydrogen) atoms. The normalized spacial score (nSPS) is 12.2. The standard InChI is InChI=1S/C48H28N4O/c1-2-14-32(15-3-1)51-39-20-10-7-16-33(39)35-24-26-40-43(46(35)51)44-41(27-25-36-34-17-8-11-21-42(34)53-47(36)44)52(40)48-49-38-19-9-6-18-37(38)45(50-48)31-23-22-29-12-4-5-13-30(29)28-31/h1-28H. The molecule has 5 nitrogen and oxygen atoms in total. The van der Waals surface area contributed by atoms with Crippen molar-refractivity contribution in [2.24, 2.45) is 0 Å². The summed E-state index contributed by atoms with van der Waals surface area (Å²) in [5.41, 5.74) is 9.95. The number of hydrogen-bond donors (Lipinski definition) is 0. The van der Waals surface area contributed by atoms with Gasteiger partial charge in [0.15, 0.2) is 0 Å². The third-order valence-corrected chi connectivity index (χ3v) is 10.9. The van der Waals surface area contributed by atoms with Crippen LogP contribution in [0.3, 0.4) is 0 Å². The number of hydrogen-bond acceptors (Lipinski definition) is 3. The highest BCUT2D eigenvalue weighted by Gasteiger charge is 2.25. The molecule has 0 amide bonds. The van der Waals surface area contributed by atoms with Crippen molar-refractivity contribution in [3.05, 3.63) is 170 Å². The zero-order valence-corrected chi connectivity index (χ0v) is 28.4. The summed E-state index contributed by atoms with van der Waals surface area (Å²) in [5.74, 6) is 0.615. The van der Waals surface area contributed by atoms with E-state index in [2.05, 4.69) is 173 Å². The maximum atomic E-state index is 6.83. The number of furan rings is 1. The summed E-state index contributed by atoms with van der Waals surface area (Å²) in [7, 11) is 0. The van der Waals surface area contributed by atoms with Crippen LogP contribution in [0.5, 0.6) is 0 Å². The lowest BCUT2D eigenvalue weighted by Crippen LogP contribution is -2.03. The topological polar surface area (TPSA) is 48.8 Å². The minimum atomic E-state index is 0.615. The Morgan fingerprint density at radius 2 is 1.13 bits per heavy atom. The molecule has 0 spiro atoms. The van der Waals surface area contributed by atoms with E-state index in [0.29, 0.717) is 5.95 Å². The van der Waals surface area contributed by atoms with Gasteiger partial charge in [0, 0.05) is 43.6 Å². The van der Waals surface area contributed by atoms with Crippen LogP contribution in [-0.2, 0) is 0 Å². The molecule has 0 radical (unpaired) electrons. The van der Waals surface area contributed by atoms with Gasteiger partial charge in [-0.15, -0.1) is 0 Å². The zero-order chi connectivity index (χ0) is 34.6. The van der Waals surface area contributed by atoms with Gasteiger partial charge in [-0.25, -0.2) is 9.97 Å². The number of rotatable bonds is 3. The fraction of sp³-hybridized carbons (Fsp3) is 0. The van der Waals surface area contributed by atoms with Crippen LogP contribution >= 0.6 is 0 Å². The highest BCUT2D eigenvalue weighted by atomic mass is 16.3. The van der Waals surface area contributed by atoms with Crippen molar-refractivity contribution < 1.29 is 4.42 Å². The van der Waals surface area contributed by atoms with Crippen LogP contribution in [0, 0.1) is 0 Å². The van der Waals surface area contributed by atoms with Crippen LogP contribution < -0.4 is 0 Å². The molecule has 0 aliphatic carbocycles. The first-order chi connectivity index (χ1) is 26.3. The Bertz CT molecular complexity index is 3460. The Morgan fingerprint density at radius 1 is 0.434 bits per heavy atom. The Hall–Kier alpha value is -7.24. The van der Waals surface area contributed by atoms with Crippen molar-refractivity contribution in [2.75, 3.05) is 0 Å². The molecule has 4 aromatic heterocycles. The predicted molar refractivity (Wildman–Crippen MR) is 218 cm³/mol. The fourth-order valence-electron chi connectivity index (χ4n) is 8.60. The maximum absolute atomic E-state index is 6.83. The Kier molecular flexibility index (Phi) is 5.71. The van der Waals surface area contributed by atoms with Gasteiger partial charge in [-0.2, -0.15) is 0 Å². The summed E-state index contributed by atoms with van der Waals surface area (Å²) >= 11 is 0. The molecule has 0 bridgehead atoms. The molecular formula is C48H28N4O. The molecule has 0 N–H and O–H groups in total. The quantitative estimate of drug-likeness (QED) is 0.187. The van der Waals surface area contributed by atoms with E-state index < -0.39 is 0 Å². The molecule has 0 saturated carbocycles. The molecule has 0 aliphatic rings. The molecule has 0 atom stereocenters. The first kappa shape index (κ1) is 28.5. The summed E-state index contributed by atoms with van der Waals surface area (Å²) in [4.78, 5) is 10.8. The van der Waals surface area contributed by atoms with Gasteiger partial charge in [-0.3, -0.25) is 4.57 Å². The second kappa shape index (κ2) is 10.6. The van der Waals surface area contributed by atoms with E-state index in [-0.39, 0.29) is 0 Å². The lowest BCUT2D eigenvalue weighted by atomic mass is 10.0. The highest BCUT2D eigenvalue weighted by molar-refractivity contribution is 6.32. The van der Waals surface area contributed by atoms with Crippen molar-refractivity contribution in [1.29, 1.82) is 0 Å². The van der Waals surface area contributed by atoms with Gasteiger partial charge in [0.25, 0.3) is 0 Å². The van der Waals surface area contributed by atoms with Crippen LogP contribution in [0.2, 0.25) is 0 Å². The number of nitrogens with zero attached hydrogens (tertiary/aromatic N) is 4. The SMILES string of the molecule is c1ccc(-n2c3ccccc3c3ccc4c(c5c6oc7ccccc7c6ccc5n4-c4nc(-c5ccc6ccccc6c5)c5ccccc5n4)c32)cc1. The van der Waals surface area contributed by atoms with Crippen molar-refractivity contribution in [3.8, 4) is 22.9 Å². The van der Waals surface area contributed by atoms with E-state index in [4.69, 9.17) is 14.4 Å². The minimum absolute atomic E-state index is 0.615. The summed E-state index contributed by atoms with van der Waals surface area (Å²) < 4.78 is 11.5. The van der Waals surface area contributed by atoms with Gasteiger partial charge in [-0.05, 0) is 65.4 Å². The molecule has 8 aromatic carbocycles. The van der Waals surface area contributed by atoms with Crippen molar-refractivity contribution in [2.45, 2.75) is 0 Å². The lowest BCUT2D eigenvalue weighted by molar-refractivity contribution is 0.673. The molecule has 12 rings (SSSR count). The average Bonchev–Trinajstić information content (AvgIpc) is 3.88. The van der Waals surface area contributed by atoms with E-state index in [0.717, 1.165) is 82.6 Å². The zero-order valence-electron chi connectivity index (χ0n) is 28.4. The summed E-state index contributed by atoms with van der Waals surface area (Å²) in [6, 6.07) is 59.9. The molecule has 0 aliphatic heterocycles. The van der Waals surface area contributed by atoms with Gasteiger partial charge in [0.2, 0.25) is 5.95 Å². The first-order valence-electron chi connectivity index (χ1n) is 17.9. The third kappa shape index (κ3) is 3.96. The van der Waals surface area contributed by atoms with Gasteiger partial charge >= 0.3 is 0 Å². The molecule has 12 aromatic rings. The van der Waals surface area contributed by atoms with Gasteiger partial charge in [0.05, 0.1) is 38.7 Å². The van der Waals surface area contributed by atoms with Gasteiger partial charge < -0.3 is 8.98 Å². The molecule has 246 valence electrons. The minimum Gasteiger partial charge on any atom is -0.455 e. The molecule has 0 unspecified atom stereocenters. The number of aromatic nitrogens is 4. The van der Waals surface area contributed by atoms with Crippen molar-refractivity contribution >= 4 is 87.2 Å². The monoisotopic (exact) mass is 676 g/mol. The molecule has 0 fully saturated rings. The highest BCUT2D eigenvalue weighted by Crippen LogP contribution is 2.45. The van der Waals surface area contributed by atoms with Gasteiger partial charge in [0.1, 0.15) is 11.2 Å². The smallest absolute Gasteiger partial charge is 0.235 e. The Labute approximate surface area is 302 Å². The number of para-hydroxylation sites is 4. The van der Waals surface area contributed by atoms with E-state index >= 15 is 0 Å². The Balaban J connectivity index is 1.28. The summed E-state index contributed by atoms with van der Waals surface area (Å²) in [5, 5.41) is 10.1. The van der Waals surface area contributed by atoms with Crippen molar-refractivity contribution in [1.82, 2.24) is 19.1 Å². The average molecular weight is 677 g/mol. The van der Waals surface area contributed by atoms with Crippen LogP contribution in [0.4, 0.5) is 0 Å². The Morgan fingerprint density at radius 3 is 2.02 bits per heavy atom. The van der Waals surface area contributed by atoms with E-state index in [1.54, 1.807) is 0 Å². The van der Waals surface area contributed by atoms with Crippen LogP contribution in [0.15, 0.2) is 174 Å². The predicted octanol–water partition coefficient (Wildman–Crippen LogP) is 12.5. The first-order valence-corrected chi connectivity index (χ1v) is 17.9. The molecule has 0 saturated heterocycles. The van der Waals surface area contributed by atoms with Crippen LogP contribution in [0.1, 0.15) is 0 Å². The maximum Gasteiger partial charge on any atom is 0.235 e. The second-order valence-electron chi connectivity index (χ2n) is 13.8. The summed E-state index contributed by atoms with van der Waals surface area (Å²) in [6.07, 6.45) is 0.